The highest BCUT2D eigenvalue weighted by Crippen LogP contribution is 2.26. The zero-order valence-electron chi connectivity index (χ0n) is 16.4. The fourth-order valence-corrected chi connectivity index (χ4v) is 3.65. The predicted molar refractivity (Wildman–Crippen MR) is 108 cm³/mol. The number of aromatic nitrogens is 2. The summed E-state index contributed by atoms with van der Waals surface area (Å²) in [5, 5.41) is 11.9. The van der Waals surface area contributed by atoms with Gasteiger partial charge < -0.3 is 15.2 Å². The number of nitrogens with one attached hydrogen (secondary N) is 1. The van der Waals surface area contributed by atoms with Crippen LogP contribution in [0.2, 0.25) is 5.02 Å². The third-order valence-corrected chi connectivity index (χ3v) is 5.30. The van der Waals surface area contributed by atoms with Crippen molar-refractivity contribution in [2.24, 2.45) is 0 Å². The molecule has 1 aromatic carbocycles. The molecule has 10 heteroatoms. The molecule has 0 bridgehead atoms. The van der Waals surface area contributed by atoms with Crippen LogP contribution in [0.25, 0.3) is 0 Å². The van der Waals surface area contributed by atoms with Crippen LogP contribution in [0, 0.1) is 12.7 Å². The van der Waals surface area contributed by atoms with E-state index in [4.69, 9.17) is 16.3 Å². The maximum atomic E-state index is 13.1. The number of rotatable bonds is 7. The van der Waals surface area contributed by atoms with Crippen LogP contribution in [0.4, 0.5) is 4.39 Å². The molecule has 0 radical (unpaired) electrons. The Morgan fingerprint density at radius 2 is 2.13 bits per heavy atom. The standard InChI is InChI=1S/C20H23ClFN3O5/c1-12-10-25(17-6-4-14(11-26)30-17)20(29)24(19(12)28)8-2-7-23-18(27)15-5-3-13(22)9-16(15)21/h3,5,9-10,14,17,26H,2,4,6-8,11H2,1H3,(H,23,27)/t14-,17?/m0/s1. The molecule has 1 unspecified atom stereocenters. The van der Waals surface area contributed by atoms with Crippen molar-refractivity contribution >= 4 is 17.5 Å². The van der Waals surface area contributed by atoms with Crippen LogP contribution in [-0.4, -0.2) is 39.4 Å². The highest BCUT2D eigenvalue weighted by molar-refractivity contribution is 6.33. The Kier molecular flexibility index (Phi) is 7.06. The Morgan fingerprint density at radius 1 is 1.37 bits per heavy atom. The number of amides is 1. The lowest BCUT2D eigenvalue weighted by Crippen LogP contribution is -2.42. The Morgan fingerprint density at radius 3 is 2.80 bits per heavy atom. The van der Waals surface area contributed by atoms with Gasteiger partial charge >= 0.3 is 5.69 Å². The minimum absolute atomic E-state index is 0.00281. The van der Waals surface area contributed by atoms with Crippen LogP contribution in [0.15, 0.2) is 34.0 Å². The van der Waals surface area contributed by atoms with Gasteiger partial charge in [0.25, 0.3) is 11.5 Å². The first-order chi connectivity index (χ1) is 14.3. The van der Waals surface area contributed by atoms with Crippen molar-refractivity contribution in [3.8, 4) is 0 Å². The van der Waals surface area contributed by atoms with E-state index in [1.54, 1.807) is 6.92 Å². The lowest BCUT2D eigenvalue weighted by atomic mass is 10.2. The average molecular weight is 440 g/mol. The number of halogens is 2. The van der Waals surface area contributed by atoms with Crippen molar-refractivity contribution in [1.82, 2.24) is 14.5 Å². The summed E-state index contributed by atoms with van der Waals surface area (Å²) in [5.41, 5.74) is -0.360. The molecule has 2 N–H and O–H groups in total. The summed E-state index contributed by atoms with van der Waals surface area (Å²) in [7, 11) is 0. The first-order valence-electron chi connectivity index (χ1n) is 9.64. The number of aryl methyl sites for hydroxylation is 1. The van der Waals surface area contributed by atoms with Crippen molar-refractivity contribution in [2.45, 2.75) is 45.1 Å². The molecule has 0 saturated carbocycles. The van der Waals surface area contributed by atoms with E-state index in [1.807, 2.05) is 0 Å². The van der Waals surface area contributed by atoms with Gasteiger partial charge in [0, 0.05) is 24.8 Å². The van der Waals surface area contributed by atoms with Crippen LogP contribution >= 0.6 is 11.6 Å². The third kappa shape index (κ3) is 4.80. The van der Waals surface area contributed by atoms with Gasteiger partial charge in [-0.15, -0.1) is 0 Å². The van der Waals surface area contributed by atoms with Crippen LogP contribution < -0.4 is 16.6 Å². The first-order valence-corrected chi connectivity index (χ1v) is 10.0. The fourth-order valence-electron chi connectivity index (χ4n) is 3.40. The molecular weight excluding hydrogens is 417 g/mol. The summed E-state index contributed by atoms with van der Waals surface area (Å²) in [5.74, 6) is -1.01. The fraction of sp³-hybridized carbons (Fsp3) is 0.450. The van der Waals surface area contributed by atoms with Crippen molar-refractivity contribution in [3.63, 3.8) is 0 Å². The molecule has 1 saturated heterocycles. The van der Waals surface area contributed by atoms with Gasteiger partial charge in [0.2, 0.25) is 0 Å². The molecule has 1 fully saturated rings. The van der Waals surface area contributed by atoms with Crippen LogP contribution in [0.3, 0.4) is 0 Å². The van der Waals surface area contributed by atoms with E-state index in [0.29, 0.717) is 24.8 Å². The molecule has 162 valence electrons. The average Bonchev–Trinajstić information content (AvgIpc) is 3.19. The highest BCUT2D eigenvalue weighted by Gasteiger charge is 2.27. The summed E-state index contributed by atoms with van der Waals surface area (Å²) in [6.07, 6.45) is 2.15. The van der Waals surface area contributed by atoms with E-state index in [0.717, 1.165) is 16.7 Å². The van der Waals surface area contributed by atoms with Gasteiger partial charge in [0.1, 0.15) is 12.0 Å². The van der Waals surface area contributed by atoms with Crippen LogP contribution in [-0.2, 0) is 11.3 Å². The van der Waals surface area contributed by atoms with Crippen molar-refractivity contribution in [2.75, 3.05) is 13.2 Å². The number of ether oxygens (including phenoxy) is 1. The second kappa shape index (κ2) is 9.55. The zero-order valence-corrected chi connectivity index (χ0v) is 17.2. The number of hydrogen-bond acceptors (Lipinski definition) is 5. The molecule has 1 aliphatic heterocycles. The second-order valence-electron chi connectivity index (χ2n) is 7.17. The maximum absolute atomic E-state index is 13.1. The lowest BCUT2D eigenvalue weighted by Gasteiger charge is -2.18. The molecular formula is C20H23ClFN3O5. The van der Waals surface area contributed by atoms with Gasteiger partial charge in [0.05, 0.1) is 23.3 Å². The minimum atomic E-state index is -0.539. The molecule has 1 amide bonds. The zero-order chi connectivity index (χ0) is 21.8. The first kappa shape index (κ1) is 22.2. The monoisotopic (exact) mass is 439 g/mol. The van der Waals surface area contributed by atoms with E-state index in [9.17, 15) is 23.9 Å². The van der Waals surface area contributed by atoms with Crippen molar-refractivity contribution in [1.29, 1.82) is 0 Å². The van der Waals surface area contributed by atoms with Gasteiger partial charge in [-0.3, -0.25) is 18.7 Å². The van der Waals surface area contributed by atoms with Crippen LogP contribution in [0.1, 0.15) is 41.4 Å². The molecule has 2 heterocycles. The van der Waals surface area contributed by atoms with Crippen molar-refractivity contribution in [3.05, 3.63) is 67.2 Å². The van der Waals surface area contributed by atoms with E-state index < -0.39 is 29.2 Å². The Bertz CT molecular complexity index is 1050. The summed E-state index contributed by atoms with van der Waals surface area (Å²) < 4.78 is 21.2. The van der Waals surface area contributed by atoms with E-state index in [2.05, 4.69) is 5.32 Å². The molecule has 3 rings (SSSR count). The topological polar surface area (TPSA) is 103 Å². The van der Waals surface area contributed by atoms with Crippen LogP contribution in [0.5, 0.6) is 0 Å². The predicted octanol–water partition coefficient (Wildman–Crippen LogP) is 1.60. The van der Waals surface area contributed by atoms with E-state index in [-0.39, 0.29) is 36.4 Å². The smallest absolute Gasteiger partial charge is 0.333 e. The molecule has 30 heavy (non-hydrogen) atoms. The van der Waals surface area contributed by atoms with Gasteiger partial charge in [0.15, 0.2) is 0 Å². The minimum Gasteiger partial charge on any atom is -0.394 e. The number of aliphatic hydroxyl groups excluding tert-OH is 1. The largest absolute Gasteiger partial charge is 0.394 e. The van der Waals surface area contributed by atoms with E-state index >= 15 is 0 Å². The number of carbonyl (C=O) groups is 1. The van der Waals surface area contributed by atoms with Gasteiger partial charge in [-0.2, -0.15) is 0 Å². The summed E-state index contributed by atoms with van der Waals surface area (Å²) >= 11 is 5.87. The summed E-state index contributed by atoms with van der Waals surface area (Å²) in [6, 6.07) is 3.48. The normalized spacial score (nSPS) is 18.5. The number of aliphatic hydroxyl groups is 1. The maximum Gasteiger partial charge on any atom is 0.333 e. The molecule has 0 spiro atoms. The number of carbonyl (C=O) groups excluding carboxylic acids is 1. The SMILES string of the molecule is Cc1cn(C2CC[C@@H](CO)O2)c(=O)n(CCCNC(=O)c2ccc(F)cc2Cl)c1=O. The number of nitrogens with zero attached hydrogens (tertiary/aromatic N) is 2. The molecule has 8 nitrogen and oxygen atoms in total. The quantitative estimate of drug-likeness (QED) is 0.638. The Labute approximate surface area is 176 Å². The molecule has 1 aliphatic rings. The lowest BCUT2D eigenvalue weighted by molar-refractivity contribution is -0.0253. The van der Waals surface area contributed by atoms with Crippen molar-refractivity contribution < 1.29 is 19.0 Å². The third-order valence-electron chi connectivity index (χ3n) is 4.99. The van der Waals surface area contributed by atoms with E-state index in [1.165, 1.54) is 16.8 Å². The summed E-state index contributed by atoms with van der Waals surface area (Å²) in [6.45, 7) is 1.79. The number of benzene rings is 1. The van der Waals surface area contributed by atoms with Gasteiger partial charge in [-0.1, -0.05) is 11.6 Å². The number of hydrogen-bond donors (Lipinski definition) is 2. The Hall–Kier alpha value is -2.49. The van der Waals surface area contributed by atoms with Gasteiger partial charge in [-0.25, -0.2) is 9.18 Å². The second-order valence-corrected chi connectivity index (χ2v) is 7.57. The molecule has 1 aromatic heterocycles. The van der Waals surface area contributed by atoms with Gasteiger partial charge in [-0.05, 0) is 44.4 Å². The molecule has 0 aliphatic carbocycles. The summed E-state index contributed by atoms with van der Waals surface area (Å²) in [4.78, 5) is 37.4. The Balaban J connectivity index is 1.66. The molecule has 2 atom stereocenters. The molecule has 2 aromatic rings. The highest BCUT2D eigenvalue weighted by atomic mass is 35.5.